The van der Waals surface area contributed by atoms with E-state index < -0.39 is 11.8 Å². The fourth-order valence-electron chi connectivity index (χ4n) is 1.95. The highest BCUT2D eigenvalue weighted by atomic mass is 35.5. The summed E-state index contributed by atoms with van der Waals surface area (Å²) in [6, 6.07) is 13.1. The van der Waals surface area contributed by atoms with Crippen LogP contribution in [0.2, 0.25) is 10.0 Å². The highest BCUT2D eigenvalue weighted by molar-refractivity contribution is 6.35. The quantitative estimate of drug-likeness (QED) is 0.633. The van der Waals surface area contributed by atoms with Crippen LogP contribution in [0.3, 0.4) is 0 Å². The van der Waals surface area contributed by atoms with Crippen LogP contribution in [0.25, 0.3) is 0 Å². The number of hydrogen-bond acceptors (Lipinski definition) is 3. The van der Waals surface area contributed by atoms with Gasteiger partial charge in [-0.3, -0.25) is 9.59 Å². The Morgan fingerprint density at radius 2 is 1.14 bits per heavy atom. The zero-order chi connectivity index (χ0) is 16.3. The molecule has 0 radical (unpaired) electrons. The van der Waals surface area contributed by atoms with Gasteiger partial charge in [0, 0.05) is 14.1 Å². The van der Waals surface area contributed by atoms with Crippen LogP contribution in [0.1, 0.15) is 20.7 Å². The Bertz CT molecular complexity index is 659. The summed E-state index contributed by atoms with van der Waals surface area (Å²) in [5.74, 6) is -1.03. The lowest BCUT2D eigenvalue weighted by atomic mass is 10.1. The average molecular weight is 337 g/mol. The zero-order valence-electron chi connectivity index (χ0n) is 12.1. The fraction of sp³-hybridized carbons (Fsp3) is 0.125. The molecule has 114 valence electrons. The van der Waals surface area contributed by atoms with Gasteiger partial charge in [-0.15, -0.1) is 0 Å². The Hall–Kier alpha value is -1.88. The molecule has 2 aromatic carbocycles. The molecular formula is C16H14Cl2N2O2. The molecule has 0 aliphatic carbocycles. The Labute approximate surface area is 138 Å². The van der Waals surface area contributed by atoms with Gasteiger partial charge in [0.2, 0.25) is 0 Å². The van der Waals surface area contributed by atoms with E-state index in [1.807, 2.05) is 0 Å². The third-order valence-corrected chi connectivity index (χ3v) is 3.65. The van der Waals surface area contributed by atoms with E-state index in [1.54, 1.807) is 62.6 Å². The Morgan fingerprint density at radius 1 is 0.773 bits per heavy atom. The highest BCUT2D eigenvalue weighted by Gasteiger charge is 2.28. The number of halogens is 2. The predicted molar refractivity (Wildman–Crippen MR) is 87.1 cm³/mol. The monoisotopic (exact) mass is 336 g/mol. The molecule has 0 aromatic heterocycles. The zero-order valence-corrected chi connectivity index (χ0v) is 13.6. The first-order valence-corrected chi connectivity index (χ1v) is 7.24. The lowest BCUT2D eigenvalue weighted by molar-refractivity contribution is 0.0190. The summed E-state index contributed by atoms with van der Waals surface area (Å²) in [6.07, 6.45) is 0. The van der Waals surface area contributed by atoms with Crippen LogP contribution >= 0.6 is 23.2 Å². The van der Waals surface area contributed by atoms with Crippen LogP contribution in [0, 0.1) is 0 Å². The van der Waals surface area contributed by atoms with Gasteiger partial charge in [-0.25, -0.2) is 10.0 Å². The number of hydrazine groups is 1. The molecule has 0 atom stereocenters. The third-order valence-electron chi connectivity index (χ3n) is 2.99. The van der Waals surface area contributed by atoms with Crippen LogP contribution in [0.4, 0.5) is 0 Å². The first-order valence-electron chi connectivity index (χ1n) is 6.48. The summed E-state index contributed by atoms with van der Waals surface area (Å²) in [7, 11) is 3.20. The van der Waals surface area contributed by atoms with E-state index >= 15 is 0 Å². The van der Waals surface area contributed by atoms with Crippen LogP contribution in [-0.2, 0) is 0 Å². The number of carbonyl (C=O) groups is 2. The molecular weight excluding hydrogens is 323 g/mol. The van der Waals surface area contributed by atoms with E-state index in [2.05, 4.69) is 0 Å². The van der Waals surface area contributed by atoms with Gasteiger partial charge in [-0.2, -0.15) is 0 Å². The Balaban J connectivity index is 2.43. The minimum absolute atomic E-state index is 0.248. The van der Waals surface area contributed by atoms with Gasteiger partial charge in [0.25, 0.3) is 11.8 Å². The van der Waals surface area contributed by atoms with Crippen LogP contribution in [0.5, 0.6) is 0 Å². The van der Waals surface area contributed by atoms with Gasteiger partial charge in [-0.1, -0.05) is 47.5 Å². The molecule has 0 heterocycles. The van der Waals surface area contributed by atoms with Crippen molar-refractivity contribution < 1.29 is 9.59 Å². The highest BCUT2D eigenvalue weighted by Crippen LogP contribution is 2.22. The van der Waals surface area contributed by atoms with E-state index in [-0.39, 0.29) is 21.2 Å². The smallest absolute Gasteiger partial charge is 0.267 e. The lowest BCUT2D eigenvalue weighted by Crippen LogP contribution is -2.46. The Kier molecular flexibility index (Phi) is 5.19. The molecule has 2 aromatic rings. The maximum atomic E-state index is 12.7. The van der Waals surface area contributed by atoms with Crippen molar-refractivity contribution in [1.82, 2.24) is 10.0 Å². The first kappa shape index (κ1) is 16.5. The van der Waals surface area contributed by atoms with Crippen molar-refractivity contribution in [3.63, 3.8) is 0 Å². The molecule has 6 heteroatoms. The van der Waals surface area contributed by atoms with Crippen molar-refractivity contribution in [3.8, 4) is 0 Å². The van der Waals surface area contributed by atoms with Gasteiger partial charge >= 0.3 is 0 Å². The number of nitrogens with zero attached hydrogens (tertiary/aromatic N) is 2. The number of hydrogen-bond donors (Lipinski definition) is 0. The van der Waals surface area contributed by atoms with Crippen molar-refractivity contribution in [2.75, 3.05) is 14.1 Å². The van der Waals surface area contributed by atoms with Crippen LogP contribution in [-0.4, -0.2) is 35.9 Å². The van der Waals surface area contributed by atoms with Gasteiger partial charge in [-0.05, 0) is 24.3 Å². The average Bonchev–Trinajstić information content (AvgIpc) is 2.47. The number of benzene rings is 2. The molecule has 0 aliphatic rings. The molecule has 0 aliphatic heterocycles. The second-order valence-electron chi connectivity index (χ2n) is 4.73. The van der Waals surface area contributed by atoms with Crippen molar-refractivity contribution in [1.29, 1.82) is 0 Å². The summed E-state index contributed by atoms with van der Waals surface area (Å²) in [5, 5.41) is 2.97. The SMILES string of the molecule is CN(C)N(C(=O)c1ccccc1Cl)C(=O)c1ccccc1Cl. The fourth-order valence-corrected chi connectivity index (χ4v) is 2.39. The third kappa shape index (κ3) is 3.30. The molecule has 0 saturated heterocycles. The molecule has 0 fully saturated rings. The normalized spacial score (nSPS) is 10.6. The van der Waals surface area contributed by atoms with Crippen LogP contribution < -0.4 is 0 Å². The first-order chi connectivity index (χ1) is 10.4. The van der Waals surface area contributed by atoms with E-state index in [0.29, 0.717) is 0 Å². The van der Waals surface area contributed by atoms with Crippen molar-refractivity contribution in [2.24, 2.45) is 0 Å². The molecule has 0 bridgehead atoms. The summed E-state index contributed by atoms with van der Waals surface area (Å²) in [4.78, 5) is 25.3. The van der Waals surface area contributed by atoms with E-state index in [9.17, 15) is 9.59 Å². The Morgan fingerprint density at radius 3 is 1.45 bits per heavy atom. The van der Waals surface area contributed by atoms with Crippen molar-refractivity contribution >= 4 is 35.0 Å². The molecule has 0 saturated carbocycles. The molecule has 2 rings (SSSR count). The number of imide groups is 1. The van der Waals surface area contributed by atoms with Gasteiger partial charge < -0.3 is 0 Å². The summed E-state index contributed by atoms with van der Waals surface area (Å²) in [5.41, 5.74) is 0.497. The van der Waals surface area contributed by atoms with Gasteiger partial charge in [0.1, 0.15) is 0 Å². The largest absolute Gasteiger partial charge is 0.277 e. The number of amides is 2. The molecule has 2 amide bonds. The van der Waals surface area contributed by atoms with Gasteiger partial charge in [0.05, 0.1) is 21.2 Å². The number of carbonyl (C=O) groups excluding carboxylic acids is 2. The standard InChI is InChI=1S/C16H14Cl2N2O2/c1-19(2)20(15(21)11-7-3-5-9-13(11)17)16(22)12-8-4-6-10-14(12)18/h3-10H,1-2H3. The summed E-state index contributed by atoms with van der Waals surface area (Å²) < 4.78 is 0. The second-order valence-corrected chi connectivity index (χ2v) is 5.54. The maximum Gasteiger partial charge on any atom is 0.277 e. The lowest BCUT2D eigenvalue weighted by Gasteiger charge is -2.27. The van der Waals surface area contributed by atoms with E-state index in [1.165, 1.54) is 5.01 Å². The van der Waals surface area contributed by atoms with Crippen LogP contribution in [0.15, 0.2) is 48.5 Å². The predicted octanol–water partition coefficient (Wildman–Crippen LogP) is 3.75. The van der Waals surface area contributed by atoms with Crippen molar-refractivity contribution in [2.45, 2.75) is 0 Å². The number of rotatable bonds is 3. The van der Waals surface area contributed by atoms with E-state index in [0.717, 1.165) is 5.01 Å². The topological polar surface area (TPSA) is 40.6 Å². The molecule has 0 N–H and O–H groups in total. The summed E-state index contributed by atoms with van der Waals surface area (Å²) >= 11 is 12.1. The molecule has 0 unspecified atom stereocenters. The second kappa shape index (κ2) is 6.92. The molecule has 22 heavy (non-hydrogen) atoms. The van der Waals surface area contributed by atoms with Crippen molar-refractivity contribution in [3.05, 3.63) is 69.7 Å². The molecule has 0 spiro atoms. The molecule has 4 nitrogen and oxygen atoms in total. The van der Waals surface area contributed by atoms with Gasteiger partial charge in [0.15, 0.2) is 0 Å². The summed E-state index contributed by atoms with van der Waals surface area (Å²) in [6.45, 7) is 0. The van der Waals surface area contributed by atoms with E-state index in [4.69, 9.17) is 23.2 Å². The maximum absolute atomic E-state index is 12.7. The minimum Gasteiger partial charge on any atom is -0.267 e. The minimum atomic E-state index is -0.513.